The maximum atomic E-state index is 6.36. The Hall–Kier alpha value is -2.55. The number of rotatable bonds is 3. The topological polar surface area (TPSA) is 29.3 Å². The van der Waals surface area contributed by atoms with Gasteiger partial charge in [0.15, 0.2) is 0 Å². The van der Waals surface area contributed by atoms with Gasteiger partial charge in [-0.15, -0.1) is 0 Å². The Labute approximate surface area is 161 Å². The standard InChI is InChI=1S/C24H28N2O/c1-7-18-9-11-20-19-10-8-16(4)21(22(19)27-23(20)25-18)24(5)13-12-17(15(2)3)14-26(24)6/h8-15H,7H2,1-6H3. The number of benzene rings is 1. The van der Waals surface area contributed by atoms with Crippen LogP contribution >= 0.6 is 0 Å². The van der Waals surface area contributed by atoms with E-state index in [4.69, 9.17) is 9.40 Å². The van der Waals surface area contributed by atoms with E-state index >= 15 is 0 Å². The van der Waals surface area contributed by atoms with Crippen LogP contribution in [0.1, 0.15) is 44.5 Å². The van der Waals surface area contributed by atoms with E-state index in [0.29, 0.717) is 5.92 Å². The molecule has 0 N–H and O–H groups in total. The van der Waals surface area contributed by atoms with Crippen molar-refractivity contribution in [3.05, 3.63) is 65.0 Å². The summed E-state index contributed by atoms with van der Waals surface area (Å²) in [4.78, 5) is 7.02. The van der Waals surface area contributed by atoms with E-state index in [1.54, 1.807) is 0 Å². The number of aryl methyl sites for hydroxylation is 2. The molecule has 1 unspecified atom stereocenters. The van der Waals surface area contributed by atoms with Gasteiger partial charge in [-0.25, -0.2) is 4.98 Å². The molecule has 0 aliphatic carbocycles. The van der Waals surface area contributed by atoms with Gasteiger partial charge in [0.25, 0.3) is 0 Å². The van der Waals surface area contributed by atoms with E-state index in [1.807, 2.05) is 0 Å². The van der Waals surface area contributed by atoms with Crippen LogP contribution in [0.25, 0.3) is 22.1 Å². The largest absolute Gasteiger partial charge is 0.437 e. The van der Waals surface area contributed by atoms with Gasteiger partial charge in [-0.1, -0.05) is 45.1 Å². The van der Waals surface area contributed by atoms with Crippen molar-refractivity contribution in [2.45, 2.75) is 46.6 Å². The smallest absolute Gasteiger partial charge is 0.227 e. The third-order valence-electron chi connectivity index (χ3n) is 5.98. The maximum absolute atomic E-state index is 6.36. The van der Waals surface area contributed by atoms with Gasteiger partial charge in [-0.05, 0) is 49.5 Å². The van der Waals surface area contributed by atoms with Crippen molar-refractivity contribution in [1.29, 1.82) is 0 Å². The average molecular weight is 361 g/mol. The van der Waals surface area contributed by atoms with Crippen molar-refractivity contribution < 1.29 is 4.42 Å². The summed E-state index contributed by atoms with van der Waals surface area (Å²) in [5, 5.41) is 2.23. The molecule has 3 heterocycles. The fraction of sp³-hybridized carbons (Fsp3) is 0.375. The molecule has 4 rings (SSSR count). The number of allylic oxidation sites excluding steroid dienone is 2. The minimum atomic E-state index is -0.260. The molecule has 1 aliphatic heterocycles. The number of nitrogens with zero attached hydrogens (tertiary/aromatic N) is 2. The van der Waals surface area contributed by atoms with Crippen molar-refractivity contribution in [3.8, 4) is 0 Å². The molecule has 3 aromatic rings. The first-order chi connectivity index (χ1) is 12.8. The van der Waals surface area contributed by atoms with Gasteiger partial charge >= 0.3 is 0 Å². The second-order valence-corrected chi connectivity index (χ2v) is 8.12. The molecule has 27 heavy (non-hydrogen) atoms. The highest BCUT2D eigenvalue weighted by Gasteiger charge is 2.34. The van der Waals surface area contributed by atoms with E-state index in [-0.39, 0.29) is 5.54 Å². The third-order valence-corrected chi connectivity index (χ3v) is 5.98. The normalized spacial score (nSPS) is 20.1. The van der Waals surface area contributed by atoms with E-state index in [2.05, 4.69) is 89.2 Å². The number of hydrogen-bond acceptors (Lipinski definition) is 3. The number of hydrogen-bond donors (Lipinski definition) is 0. The molecule has 0 radical (unpaired) electrons. The van der Waals surface area contributed by atoms with E-state index in [9.17, 15) is 0 Å². The van der Waals surface area contributed by atoms with E-state index < -0.39 is 0 Å². The predicted octanol–water partition coefficient (Wildman–Crippen LogP) is 6.11. The van der Waals surface area contributed by atoms with Crippen LogP contribution in [0.4, 0.5) is 0 Å². The lowest BCUT2D eigenvalue weighted by Crippen LogP contribution is -2.39. The quantitative estimate of drug-likeness (QED) is 0.564. The monoisotopic (exact) mass is 360 g/mol. The summed E-state index contributed by atoms with van der Waals surface area (Å²) >= 11 is 0. The molecule has 0 saturated carbocycles. The molecule has 0 amide bonds. The molecule has 0 bridgehead atoms. The lowest BCUT2D eigenvalue weighted by molar-refractivity contribution is 0.256. The Morgan fingerprint density at radius 2 is 1.89 bits per heavy atom. The highest BCUT2D eigenvalue weighted by Crippen LogP contribution is 2.42. The Morgan fingerprint density at radius 3 is 2.56 bits per heavy atom. The summed E-state index contributed by atoms with van der Waals surface area (Å²) in [6.07, 6.45) is 7.74. The molecular formula is C24H28N2O. The number of aromatic nitrogens is 1. The zero-order valence-electron chi connectivity index (χ0n) is 17.1. The highest BCUT2D eigenvalue weighted by molar-refractivity contribution is 6.05. The summed E-state index contributed by atoms with van der Waals surface area (Å²) in [5.41, 5.74) is 6.28. The highest BCUT2D eigenvalue weighted by atomic mass is 16.3. The number of fused-ring (bicyclic) bond motifs is 3. The number of furan rings is 1. The Kier molecular flexibility index (Phi) is 4.14. The first kappa shape index (κ1) is 17.8. The van der Waals surface area contributed by atoms with Gasteiger partial charge in [-0.3, -0.25) is 0 Å². The Bertz CT molecular complexity index is 1090. The molecule has 0 fully saturated rings. The number of pyridine rings is 1. The van der Waals surface area contributed by atoms with Crippen LogP contribution in [-0.4, -0.2) is 16.9 Å². The second kappa shape index (κ2) is 6.26. The minimum Gasteiger partial charge on any atom is -0.437 e. The van der Waals surface area contributed by atoms with Gasteiger partial charge in [0, 0.05) is 35.3 Å². The molecular weight excluding hydrogens is 332 g/mol. The molecule has 140 valence electrons. The fourth-order valence-electron chi connectivity index (χ4n) is 4.06. The van der Waals surface area contributed by atoms with E-state index in [1.165, 1.54) is 16.7 Å². The van der Waals surface area contributed by atoms with Crippen LogP contribution in [0.2, 0.25) is 0 Å². The van der Waals surface area contributed by atoms with Crippen molar-refractivity contribution in [2.24, 2.45) is 5.92 Å². The Balaban J connectivity index is 1.96. The van der Waals surface area contributed by atoms with Gasteiger partial charge in [-0.2, -0.15) is 0 Å². The fourth-order valence-corrected chi connectivity index (χ4v) is 4.06. The van der Waals surface area contributed by atoms with Crippen molar-refractivity contribution in [2.75, 3.05) is 7.05 Å². The lowest BCUT2D eigenvalue weighted by Gasteiger charge is -2.40. The maximum Gasteiger partial charge on any atom is 0.227 e. The molecule has 0 spiro atoms. The lowest BCUT2D eigenvalue weighted by atomic mass is 9.82. The zero-order chi connectivity index (χ0) is 19.3. The molecule has 1 aliphatic rings. The van der Waals surface area contributed by atoms with E-state index in [0.717, 1.165) is 34.2 Å². The summed E-state index contributed by atoms with van der Waals surface area (Å²) in [7, 11) is 2.15. The van der Waals surface area contributed by atoms with Crippen LogP contribution in [-0.2, 0) is 12.0 Å². The molecule has 1 atom stereocenters. The van der Waals surface area contributed by atoms with Crippen LogP contribution in [0, 0.1) is 12.8 Å². The average Bonchev–Trinajstić information content (AvgIpc) is 3.00. The summed E-state index contributed by atoms with van der Waals surface area (Å²) in [5.74, 6) is 0.507. The van der Waals surface area contributed by atoms with Gasteiger partial charge in [0.05, 0.1) is 5.54 Å². The SMILES string of the molecule is CCc1ccc2c(n1)oc1c(C3(C)C=CC(C(C)C)=CN3C)c(C)ccc12. The third kappa shape index (κ3) is 2.68. The molecule has 1 aromatic carbocycles. The summed E-state index contributed by atoms with van der Waals surface area (Å²) < 4.78 is 6.36. The minimum absolute atomic E-state index is 0.260. The first-order valence-electron chi connectivity index (χ1n) is 9.81. The molecule has 3 heteroatoms. The predicted molar refractivity (Wildman–Crippen MR) is 113 cm³/mol. The zero-order valence-corrected chi connectivity index (χ0v) is 17.1. The number of likely N-dealkylation sites (N-methyl/N-ethyl adjacent to an activating group) is 1. The molecule has 3 nitrogen and oxygen atoms in total. The Morgan fingerprint density at radius 1 is 1.15 bits per heavy atom. The second-order valence-electron chi connectivity index (χ2n) is 8.12. The summed E-state index contributed by atoms with van der Waals surface area (Å²) in [6, 6.07) is 8.61. The van der Waals surface area contributed by atoms with Crippen LogP contribution < -0.4 is 0 Å². The first-order valence-corrected chi connectivity index (χ1v) is 9.81. The molecule has 0 saturated heterocycles. The van der Waals surface area contributed by atoms with Crippen molar-refractivity contribution in [3.63, 3.8) is 0 Å². The van der Waals surface area contributed by atoms with Crippen LogP contribution in [0.3, 0.4) is 0 Å². The van der Waals surface area contributed by atoms with Crippen LogP contribution in [0.5, 0.6) is 0 Å². The van der Waals surface area contributed by atoms with Gasteiger partial charge < -0.3 is 9.32 Å². The van der Waals surface area contributed by atoms with Crippen LogP contribution in [0.15, 0.2) is 52.6 Å². The molecule has 2 aromatic heterocycles. The van der Waals surface area contributed by atoms with Gasteiger partial charge in [0.2, 0.25) is 5.71 Å². The summed E-state index contributed by atoms with van der Waals surface area (Å²) in [6.45, 7) is 11.0. The van der Waals surface area contributed by atoms with Crippen molar-refractivity contribution >= 4 is 22.1 Å². The van der Waals surface area contributed by atoms with Gasteiger partial charge in [0.1, 0.15) is 5.58 Å². The van der Waals surface area contributed by atoms with Crippen molar-refractivity contribution in [1.82, 2.24) is 9.88 Å².